The fourth-order valence-corrected chi connectivity index (χ4v) is 2.09. The van der Waals surface area contributed by atoms with Crippen molar-refractivity contribution in [3.63, 3.8) is 0 Å². The van der Waals surface area contributed by atoms with Gasteiger partial charge in [0.25, 0.3) is 0 Å². The van der Waals surface area contributed by atoms with Crippen LogP contribution in [0.3, 0.4) is 0 Å². The molecule has 2 N–H and O–H groups in total. The van der Waals surface area contributed by atoms with Crippen molar-refractivity contribution in [2.24, 2.45) is 0 Å². The van der Waals surface area contributed by atoms with Crippen molar-refractivity contribution < 1.29 is 14.6 Å². The molecule has 2 aromatic rings. The number of nitrogens with one attached hydrogen (secondary N) is 1. The third-order valence-corrected chi connectivity index (χ3v) is 3.25. The summed E-state index contributed by atoms with van der Waals surface area (Å²) in [6.45, 7) is 3.31. The molecule has 1 unspecified atom stereocenters. The molecule has 0 fully saturated rings. The van der Waals surface area contributed by atoms with E-state index in [0.29, 0.717) is 18.9 Å². The van der Waals surface area contributed by atoms with Crippen LogP contribution in [-0.4, -0.2) is 35.7 Å². The molecule has 0 aliphatic rings. The minimum absolute atomic E-state index is 0.0454. The summed E-state index contributed by atoms with van der Waals surface area (Å²) >= 11 is 0. The van der Waals surface area contributed by atoms with Gasteiger partial charge < -0.3 is 19.9 Å². The Hall–Kier alpha value is -2.21. The van der Waals surface area contributed by atoms with Gasteiger partial charge in [0.05, 0.1) is 38.2 Å². The van der Waals surface area contributed by atoms with E-state index in [4.69, 9.17) is 9.47 Å². The highest BCUT2D eigenvalue weighted by Gasteiger charge is 2.12. The van der Waals surface area contributed by atoms with Crippen molar-refractivity contribution in [1.29, 1.82) is 0 Å². The summed E-state index contributed by atoms with van der Waals surface area (Å²) in [5.41, 5.74) is 1.70. The van der Waals surface area contributed by atoms with E-state index in [2.05, 4.69) is 10.4 Å². The van der Waals surface area contributed by atoms with Gasteiger partial charge in [-0.05, 0) is 19.1 Å². The Kier molecular flexibility index (Phi) is 5.05. The molecule has 1 aromatic carbocycles. The number of benzene rings is 1. The molecular weight excluding hydrogens is 270 g/mol. The molecule has 1 aromatic heterocycles. The average molecular weight is 291 g/mol. The molecule has 1 heterocycles. The van der Waals surface area contributed by atoms with Gasteiger partial charge in [0.15, 0.2) is 0 Å². The molecular formula is C15H21N3O3. The number of aromatic nitrogens is 2. The summed E-state index contributed by atoms with van der Waals surface area (Å²) in [6.07, 6.45) is 3.67. The van der Waals surface area contributed by atoms with Crippen LogP contribution in [-0.2, 0) is 11.3 Å². The minimum atomic E-state index is -0.0454. The van der Waals surface area contributed by atoms with Crippen molar-refractivity contribution in [3.8, 4) is 11.5 Å². The third kappa shape index (κ3) is 3.88. The highest BCUT2D eigenvalue weighted by atomic mass is 16.5. The molecule has 0 saturated carbocycles. The SMILES string of the molecule is COCCn1cc(NC(C)c2ccc(OC)cc2O)cn1. The topological polar surface area (TPSA) is 68.5 Å². The van der Waals surface area contributed by atoms with Crippen molar-refractivity contribution in [2.75, 3.05) is 26.1 Å². The number of ether oxygens (including phenoxy) is 2. The van der Waals surface area contributed by atoms with E-state index in [9.17, 15) is 5.11 Å². The fourth-order valence-electron chi connectivity index (χ4n) is 2.09. The summed E-state index contributed by atoms with van der Waals surface area (Å²) in [6, 6.07) is 5.24. The highest BCUT2D eigenvalue weighted by Crippen LogP contribution is 2.30. The van der Waals surface area contributed by atoms with Crippen LogP contribution in [0.2, 0.25) is 0 Å². The van der Waals surface area contributed by atoms with Crippen LogP contribution >= 0.6 is 0 Å². The number of phenols is 1. The number of nitrogens with zero attached hydrogens (tertiary/aromatic N) is 2. The van der Waals surface area contributed by atoms with E-state index >= 15 is 0 Å². The van der Waals surface area contributed by atoms with Crippen LogP contribution in [0.5, 0.6) is 11.5 Å². The summed E-state index contributed by atoms with van der Waals surface area (Å²) in [4.78, 5) is 0. The Balaban J connectivity index is 2.03. The van der Waals surface area contributed by atoms with Gasteiger partial charge in [0, 0.05) is 24.9 Å². The van der Waals surface area contributed by atoms with Gasteiger partial charge in [0.1, 0.15) is 11.5 Å². The maximum atomic E-state index is 10.0. The van der Waals surface area contributed by atoms with Crippen LogP contribution in [0.15, 0.2) is 30.6 Å². The van der Waals surface area contributed by atoms with Gasteiger partial charge in [-0.25, -0.2) is 0 Å². The van der Waals surface area contributed by atoms with Crippen LogP contribution in [0.25, 0.3) is 0 Å². The van der Waals surface area contributed by atoms with Gasteiger partial charge >= 0.3 is 0 Å². The average Bonchev–Trinajstić information content (AvgIpc) is 2.92. The van der Waals surface area contributed by atoms with E-state index < -0.39 is 0 Å². The molecule has 0 bridgehead atoms. The number of hydrogen-bond donors (Lipinski definition) is 2. The second-order valence-electron chi connectivity index (χ2n) is 4.78. The second kappa shape index (κ2) is 6.99. The summed E-state index contributed by atoms with van der Waals surface area (Å²) in [5.74, 6) is 0.844. The quantitative estimate of drug-likeness (QED) is 0.820. The van der Waals surface area contributed by atoms with E-state index in [-0.39, 0.29) is 11.8 Å². The molecule has 6 heteroatoms. The van der Waals surface area contributed by atoms with Crippen LogP contribution in [0.4, 0.5) is 5.69 Å². The van der Waals surface area contributed by atoms with Crippen LogP contribution in [0.1, 0.15) is 18.5 Å². The Morgan fingerprint density at radius 1 is 1.38 bits per heavy atom. The smallest absolute Gasteiger partial charge is 0.124 e. The monoisotopic (exact) mass is 291 g/mol. The van der Waals surface area contributed by atoms with E-state index in [1.165, 1.54) is 0 Å². The molecule has 0 aliphatic heterocycles. The number of rotatable bonds is 7. The molecule has 0 radical (unpaired) electrons. The summed E-state index contributed by atoms with van der Waals surface area (Å²) in [5, 5.41) is 17.6. The molecule has 6 nitrogen and oxygen atoms in total. The van der Waals surface area contributed by atoms with Gasteiger partial charge in [-0.2, -0.15) is 5.10 Å². The molecule has 21 heavy (non-hydrogen) atoms. The Morgan fingerprint density at radius 2 is 2.19 bits per heavy atom. The lowest BCUT2D eigenvalue weighted by Gasteiger charge is -2.16. The second-order valence-corrected chi connectivity index (χ2v) is 4.78. The van der Waals surface area contributed by atoms with Crippen molar-refractivity contribution in [3.05, 3.63) is 36.2 Å². The molecule has 0 spiro atoms. The zero-order valence-corrected chi connectivity index (χ0v) is 12.5. The number of methoxy groups -OCH3 is 2. The first-order chi connectivity index (χ1) is 10.1. The van der Waals surface area contributed by atoms with Crippen molar-refractivity contribution >= 4 is 5.69 Å². The maximum Gasteiger partial charge on any atom is 0.124 e. The number of hydrogen-bond acceptors (Lipinski definition) is 5. The maximum absolute atomic E-state index is 10.0. The predicted molar refractivity (Wildman–Crippen MR) is 80.8 cm³/mol. The zero-order valence-electron chi connectivity index (χ0n) is 12.5. The zero-order chi connectivity index (χ0) is 15.2. The Bertz CT molecular complexity index is 583. The predicted octanol–water partition coefficient (Wildman–Crippen LogP) is 2.42. The lowest BCUT2D eigenvalue weighted by Crippen LogP contribution is -2.07. The third-order valence-electron chi connectivity index (χ3n) is 3.25. The van der Waals surface area contributed by atoms with Gasteiger partial charge in [-0.1, -0.05) is 0 Å². The molecule has 0 saturated heterocycles. The first kappa shape index (κ1) is 15.2. The lowest BCUT2D eigenvalue weighted by molar-refractivity contribution is 0.183. The minimum Gasteiger partial charge on any atom is -0.507 e. The standard InChI is InChI=1S/C15H21N3O3/c1-11(14-5-4-13(21-3)8-15(14)19)17-12-9-16-18(10-12)6-7-20-2/h4-5,8-11,17,19H,6-7H2,1-3H3. The van der Waals surface area contributed by atoms with Crippen molar-refractivity contribution in [2.45, 2.75) is 19.5 Å². The molecule has 0 aliphatic carbocycles. The largest absolute Gasteiger partial charge is 0.507 e. The Morgan fingerprint density at radius 3 is 2.86 bits per heavy atom. The molecule has 1 atom stereocenters. The normalized spacial score (nSPS) is 12.1. The van der Waals surface area contributed by atoms with Gasteiger partial charge in [-0.15, -0.1) is 0 Å². The lowest BCUT2D eigenvalue weighted by atomic mass is 10.1. The fraction of sp³-hybridized carbons (Fsp3) is 0.400. The van der Waals surface area contributed by atoms with Crippen molar-refractivity contribution in [1.82, 2.24) is 9.78 Å². The first-order valence-electron chi connectivity index (χ1n) is 6.79. The Labute approximate surface area is 124 Å². The molecule has 114 valence electrons. The summed E-state index contributed by atoms with van der Waals surface area (Å²) < 4.78 is 11.9. The van der Waals surface area contributed by atoms with E-state index in [1.54, 1.807) is 26.5 Å². The van der Waals surface area contributed by atoms with Gasteiger partial charge in [-0.3, -0.25) is 4.68 Å². The number of aromatic hydroxyl groups is 1. The van der Waals surface area contributed by atoms with Gasteiger partial charge in [0.2, 0.25) is 0 Å². The summed E-state index contributed by atoms with van der Waals surface area (Å²) in [7, 11) is 3.24. The van der Waals surface area contributed by atoms with Crippen LogP contribution in [0, 0.1) is 0 Å². The number of anilines is 1. The molecule has 2 rings (SSSR count). The van der Waals surface area contributed by atoms with Crippen LogP contribution < -0.4 is 10.1 Å². The van der Waals surface area contributed by atoms with E-state index in [0.717, 1.165) is 11.3 Å². The number of phenolic OH excluding ortho intramolecular Hbond substituents is 1. The first-order valence-corrected chi connectivity index (χ1v) is 6.79. The molecule has 0 amide bonds. The van der Waals surface area contributed by atoms with E-state index in [1.807, 2.05) is 29.9 Å². The highest BCUT2D eigenvalue weighted by molar-refractivity contribution is 5.47.